The second-order valence-electron chi connectivity index (χ2n) is 7.83. The van der Waals surface area contributed by atoms with Crippen molar-refractivity contribution in [3.8, 4) is 11.1 Å². The molecular weight excluding hydrogens is 449 g/mol. The Morgan fingerprint density at radius 2 is 1.76 bits per heavy atom. The van der Waals surface area contributed by atoms with E-state index in [1.165, 1.54) is 6.07 Å². The van der Waals surface area contributed by atoms with Gasteiger partial charge in [-0.15, -0.1) is 0 Å². The van der Waals surface area contributed by atoms with Crippen LogP contribution in [-0.2, 0) is 12.7 Å². The van der Waals surface area contributed by atoms with Gasteiger partial charge in [0, 0.05) is 35.6 Å². The second-order valence-corrected chi connectivity index (χ2v) is 7.83. The highest BCUT2D eigenvalue weighted by atomic mass is 19.4. The predicted octanol–water partition coefficient (Wildman–Crippen LogP) is 7.23. The smallest absolute Gasteiger partial charge is 0.381 e. The molecule has 0 radical (unpaired) electrons. The molecule has 3 nitrogen and oxygen atoms in total. The van der Waals surface area contributed by atoms with Crippen LogP contribution in [0.5, 0.6) is 0 Å². The molecule has 1 N–H and O–H groups in total. The SMILES string of the molecule is C=C(CNC(=CCC)c1ccc(F)c(F)c1-c1ccc(C(F)(F)F)cc1)c1cc(C)n(CC)n1. The van der Waals surface area contributed by atoms with Gasteiger partial charge in [0.15, 0.2) is 11.6 Å². The van der Waals surface area contributed by atoms with Crippen molar-refractivity contribution in [2.75, 3.05) is 6.54 Å². The first kappa shape index (κ1) is 25.2. The van der Waals surface area contributed by atoms with Gasteiger partial charge in [-0.3, -0.25) is 4.68 Å². The van der Waals surface area contributed by atoms with Crippen LogP contribution >= 0.6 is 0 Å². The predicted molar refractivity (Wildman–Crippen MR) is 125 cm³/mol. The fraction of sp³-hybridized carbons (Fsp3) is 0.269. The number of aryl methyl sites for hydroxylation is 2. The number of alkyl halides is 3. The molecule has 34 heavy (non-hydrogen) atoms. The van der Waals surface area contributed by atoms with E-state index in [-0.39, 0.29) is 17.7 Å². The molecule has 0 atom stereocenters. The molecule has 180 valence electrons. The topological polar surface area (TPSA) is 29.9 Å². The minimum absolute atomic E-state index is 0.113. The molecule has 3 aromatic rings. The average molecular weight is 476 g/mol. The zero-order chi connectivity index (χ0) is 25.0. The average Bonchev–Trinajstić information content (AvgIpc) is 3.18. The van der Waals surface area contributed by atoms with Crippen molar-refractivity contribution in [3.05, 3.63) is 89.3 Å². The summed E-state index contributed by atoms with van der Waals surface area (Å²) < 4.78 is 69.9. The first-order valence-electron chi connectivity index (χ1n) is 10.9. The first-order chi connectivity index (χ1) is 16.1. The Balaban J connectivity index is 1.96. The van der Waals surface area contributed by atoms with Crippen LogP contribution in [0.1, 0.15) is 42.8 Å². The Morgan fingerprint density at radius 1 is 1.09 bits per heavy atom. The van der Waals surface area contributed by atoms with Gasteiger partial charge in [0.1, 0.15) is 0 Å². The van der Waals surface area contributed by atoms with E-state index in [0.29, 0.717) is 23.3 Å². The third kappa shape index (κ3) is 5.38. The van der Waals surface area contributed by atoms with Crippen LogP contribution in [0.2, 0.25) is 0 Å². The molecule has 0 amide bonds. The number of benzene rings is 2. The molecule has 0 spiro atoms. The number of hydrogen-bond acceptors (Lipinski definition) is 2. The summed E-state index contributed by atoms with van der Waals surface area (Å²) in [5, 5.41) is 7.72. The van der Waals surface area contributed by atoms with Crippen molar-refractivity contribution >= 4 is 11.3 Å². The zero-order valence-corrected chi connectivity index (χ0v) is 19.2. The van der Waals surface area contributed by atoms with Crippen LogP contribution in [0.15, 0.2) is 55.1 Å². The molecule has 1 aromatic heterocycles. The van der Waals surface area contributed by atoms with Gasteiger partial charge in [0.05, 0.1) is 11.3 Å². The van der Waals surface area contributed by atoms with E-state index in [2.05, 4.69) is 17.0 Å². The first-order valence-corrected chi connectivity index (χ1v) is 10.9. The summed E-state index contributed by atoms with van der Waals surface area (Å²) in [5.74, 6) is -2.21. The minimum atomic E-state index is -4.53. The summed E-state index contributed by atoms with van der Waals surface area (Å²) in [6.45, 7) is 10.9. The van der Waals surface area contributed by atoms with Gasteiger partial charge in [-0.1, -0.05) is 31.7 Å². The van der Waals surface area contributed by atoms with E-state index in [1.807, 2.05) is 37.6 Å². The molecule has 0 saturated heterocycles. The van der Waals surface area contributed by atoms with Crippen molar-refractivity contribution in [1.82, 2.24) is 15.1 Å². The second kappa shape index (κ2) is 10.2. The molecule has 2 aromatic carbocycles. The number of rotatable bonds is 8. The monoisotopic (exact) mass is 475 g/mol. The van der Waals surface area contributed by atoms with Crippen LogP contribution in [-0.4, -0.2) is 16.3 Å². The van der Waals surface area contributed by atoms with Crippen LogP contribution in [0.25, 0.3) is 22.4 Å². The minimum Gasteiger partial charge on any atom is -0.381 e. The Morgan fingerprint density at radius 3 is 2.32 bits per heavy atom. The highest BCUT2D eigenvalue weighted by Gasteiger charge is 2.30. The molecule has 1 heterocycles. The molecule has 0 aliphatic heterocycles. The summed E-state index contributed by atoms with van der Waals surface area (Å²) in [6.07, 6.45) is -2.13. The number of allylic oxidation sites excluding steroid dienone is 1. The van der Waals surface area contributed by atoms with Crippen LogP contribution in [0.3, 0.4) is 0 Å². The number of nitrogens with zero attached hydrogens (tertiary/aromatic N) is 2. The molecular formula is C26H26F5N3. The molecule has 0 bridgehead atoms. The van der Waals surface area contributed by atoms with Crippen molar-refractivity contribution in [1.29, 1.82) is 0 Å². The van der Waals surface area contributed by atoms with Crippen LogP contribution in [0.4, 0.5) is 22.0 Å². The number of aromatic nitrogens is 2. The van der Waals surface area contributed by atoms with Crippen LogP contribution in [0, 0.1) is 18.6 Å². The molecule has 0 aliphatic rings. The van der Waals surface area contributed by atoms with Crippen LogP contribution < -0.4 is 5.32 Å². The lowest BCUT2D eigenvalue weighted by Crippen LogP contribution is -2.16. The van der Waals surface area contributed by atoms with Gasteiger partial charge < -0.3 is 5.32 Å². The molecule has 0 unspecified atom stereocenters. The fourth-order valence-electron chi connectivity index (χ4n) is 3.66. The van der Waals surface area contributed by atoms with Gasteiger partial charge >= 0.3 is 6.18 Å². The molecule has 0 fully saturated rings. The Kier molecular flexibility index (Phi) is 7.59. The normalized spacial score (nSPS) is 12.2. The number of halogens is 5. The van der Waals surface area contributed by atoms with Crippen molar-refractivity contribution < 1.29 is 22.0 Å². The summed E-state index contributed by atoms with van der Waals surface area (Å²) in [6, 6.07) is 8.34. The van der Waals surface area contributed by atoms with Crippen molar-refractivity contribution in [3.63, 3.8) is 0 Å². The summed E-state index contributed by atoms with van der Waals surface area (Å²) in [7, 11) is 0. The Labute approximate surface area is 195 Å². The standard InChI is InChI=1S/C26H26F5N3/c1-5-7-22(32-15-16(3)23-14-17(4)34(6-2)33-23)20-12-13-21(27)25(28)24(20)18-8-10-19(11-9-18)26(29,30)31/h7-14,32H,3,5-6,15H2,1-2,4H3. The maximum Gasteiger partial charge on any atom is 0.416 e. The van der Waals surface area contributed by atoms with Crippen molar-refractivity contribution in [2.24, 2.45) is 0 Å². The molecule has 3 rings (SSSR count). The Hall–Kier alpha value is -3.42. The van der Waals surface area contributed by atoms with E-state index in [9.17, 15) is 22.0 Å². The summed E-state index contributed by atoms with van der Waals surface area (Å²) in [5.41, 5.74) is 2.43. The van der Waals surface area contributed by atoms with E-state index in [1.54, 1.807) is 0 Å². The van der Waals surface area contributed by atoms with E-state index >= 15 is 0 Å². The highest BCUT2D eigenvalue weighted by molar-refractivity contribution is 5.82. The molecule has 0 saturated carbocycles. The Bertz CT molecular complexity index is 1200. The summed E-state index contributed by atoms with van der Waals surface area (Å²) >= 11 is 0. The lowest BCUT2D eigenvalue weighted by Gasteiger charge is -2.18. The van der Waals surface area contributed by atoms with Gasteiger partial charge in [0.2, 0.25) is 0 Å². The van der Waals surface area contributed by atoms with E-state index in [0.717, 1.165) is 48.3 Å². The number of hydrogen-bond donors (Lipinski definition) is 1. The van der Waals surface area contributed by atoms with Gasteiger partial charge in [-0.05, 0) is 61.7 Å². The fourth-order valence-corrected chi connectivity index (χ4v) is 3.66. The highest BCUT2D eigenvalue weighted by Crippen LogP contribution is 2.35. The molecule has 8 heteroatoms. The number of nitrogens with one attached hydrogen (secondary N) is 1. The van der Waals surface area contributed by atoms with Gasteiger partial charge in [-0.2, -0.15) is 18.3 Å². The third-order valence-corrected chi connectivity index (χ3v) is 5.43. The van der Waals surface area contributed by atoms with E-state index in [4.69, 9.17) is 0 Å². The maximum absolute atomic E-state index is 15.0. The van der Waals surface area contributed by atoms with Gasteiger partial charge in [-0.25, -0.2) is 8.78 Å². The molecule has 0 aliphatic carbocycles. The maximum atomic E-state index is 15.0. The summed E-state index contributed by atoms with van der Waals surface area (Å²) in [4.78, 5) is 0. The van der Waals surface area contributed by atoms with Crippen molar-refractivity contribution in [2.45, 2.75) is 39.9 Å². The lowest BCUT2D eigenvalue weighted by atomic mass is 9.95. The lowest BCUT2D eigenvalue weighted by molar-refractivity contribution is -0.137. The van der Waals surface area contributed by atoms with E-state index < -0.39 is 23.4 Å². The quantitative estimate of drug-likeness (QED) is 0.348. The zero-order valence-electron chi connectivity index (χ0n) is 19.2. The van der Waals surface area contributed by atoms with Gasteiger partial charge in [0.25, 0.3) is 0 Å². The third-order valence-electron chi connectivity index (χ3n) is 5.43. The largest absolute Gasteiger partial charge is 0.416 e.